The Balaban J connectivity index is 1.99. The minimum absolute atomic E-state index is 0.149. The number of rotatable bonds is 9. The number of ether oxygens (including phenoxy) is 2. The zero-order chi connectivity index (χ0) is 21.2. The van der Waals surface area contributed by atoms with E-state index in [4.69, 9.17) is 9.47 Å². The van der Waals surface area contributed by atoms with Gasteiger partial charge in [-0.1, -0.05) is 12.1 Å². The standard InChI is InChI=1S/C20H20N4O5/c1-28-17-6-3-14(4-7-17)9-10-22-20(25)15(12-21)13-23-18-11-16(24(26)27)5-8-19(18)29-2/h3-8,11,13,23H,9-10H2,1-2H3,(H,22,25)/b15-13-. The van der Waals surface area contributed by atoms with Crippen molar-refractivity contribution in [3.63, 3.8) is 0 Å². The SMILES string of the molecule is COc1ccc(CCNC(=O)/C(C#N)=C\Nc2cc([N+](=O)[O-])ccc2OC)cc1. The van der Waals surface area contributed by atoms with Crippen molar-refractivity contribution in [3.05, 3.63) is 69.9 Å². The molecule has 29 heavy (non-hydrogen) atoms. The molecule has 0 saturated carbocycles. The number of anilines is 1. The monoisotopic (exact) mass is 396 g/mol. The lowest BCUT2D eigenvalue weighted by Gasteiger charge is -2.09. The van der Waals surface area contributed by atoms with Crippen LogP contribution in [0.3, 0.4) is 0 Å². The summed E-state index contributed by atoms with van der Waals surface area (Å²) in [7, 11) is 3.00. The summed E-state index contributed by atoms with van der Waals surface area (Å²) in [6, 6.07) is 13.2. The number of nitrogens with one attached hydrogen (secondary N) is 2. The first-order valence-electron chi connectivity index (χ1n) is 8.59. The fourth-order valence-electron chi connectivity index (χ4n) is 2.43. The zero-order valence-electron chi connectivity index (χ0n) is 16.0. The van der Waals surface area contributed by atoms with E-state index in [0.717, 1.165) is 11.3 Å². The first-order valence-corrected chi connectivity index (χ1v) is 8.59. The molecule has 1 amide bonds. The smallest absolute Gasteiger partial charge is 0.271 e. The van der Waals surface area contributed by atoms with Gasteiger partial charge in [0.15, 0.2) is 0 Å². The van der Waals surface area contributed by atoms with Crippen molar-refractivity contribution in [1.29, 1.82) is 5.26 Å². The molecule has 2 aromatic carbocycles. The summed E-state index contributed by atoms with van der Waals surface area (Å²) < 4.78 is 10.2. The Morgan fingerprint density at radius 2 is 1.93 bits per heavy atom. The van der Waals surface area contributed by atoms with Crippen LogP contribution < -0.4 is 20.1 Å². The number of hydrogen-bond acceptors (Lipinski definition) is 7. The fraction of sp³-hybridized carbons (Fsp3) is 0.200. The van der Waals surface area contributed by atoms with Crippen LogP contribution in [0.2, 0.25) is 0 Å². The van der Waals surface area contributed by atoms with Crippen molar-refractivity contribution < 1.29 is 19.2 Å². The highest BCUT2D eigenvalue weighted by Gasteiger charge is 2.12. The minimum Gasteiger partial charge on any atom is -0.497 e. The Kier molecular flexibility index (Phi) is 7.56. The predicted octanol–water partition coefficient (Wildman–Crippen LogP) is 2.79. The van der Waals surface area contributed by atoms with Crippen LogP contribution in [0.5, 0.6) is 11.5 Å². The molecule has 150 valence electrons. The molecule has 0 bridgehead atoms. The summed E-state index contributed by atoms with van der Waals surface area (Å²) in [6.45, 7) is 0.338. The summed E-state index contributed by atoms with van der Waals surface area (Å²) in [5.41, 5.74) is 0.950. The van der Waals surface area contributed by atoms with E-state index in [2.05, 4.69) is 10.6 Å². The van der Waals surface area contributed by atoms with Crippen LogP contribution in [0.4, 0.5) is 11.4 Å². The molecule has 2 rings (SSSR count). The van der Waals surface area contributed by atoms with E-state index in [-0.39, 0.29) is 16.9 Å². The molecular formula is C20H20N4O5. The van der Waals surface area contributed by atoms with Crippen LogP contribution in [-0.4, -0.2) is 31.6 Å². The number of amides is 1. The van der Waals surface area contributed by atoms with Crippen molar-refractivity contribution in [2.24, 2.45) is 0 Å². The summed E-state index contributed by atoms with van der Waals surface area (Å²) in [5, 5.41) is 25.6. The average Bonchev–Trinajstić information content (AvgIpc) is 2.74. The number of hydrogen-bond donors (Lipinski definition) is 2. The number of nitrogens with zero attached hydrogens (tertiary/aromatic N) is 2. The third-order valence-corrected chi connectivity index (χ3v) is 3.99. The van der Waals surface area contributed by atoms with Crippen molar-refractivity contribution in [2.75, 3.05) is 26.1 Å². The summed E-state index contributed by atoms with van der Waals surface area (Å²) in [4.78, 5) is 22.6. The molecule has 9 heteroatoms. The van der Waals surface area contributed by atoms with Crippen LogP contribution >= 0.6 is 0 Å². The Labute approximate surface area is 167 Å². The van der Waals surface area contributed by atoms with Crippen LogP contribution in [0.15, 0.2) is 54.2 Å². The van der Waals surface area contributed by atoms with Gasteiger partial charge in [0, 0.05) is 24.9 Å². The highest BCUT2D eigenvalue weighted by atomic mass is 16.6. The highest BCUT2D eigenvalue weighted by Crippen LogP contribution is 2.29. The normalized spacial score (nSPS) is 10.6. The van der Waals surface area contributed by atoms with Gasteiger partial charge in [0.1, 0.15) is 23.1 Å². The molecule has 0 aliphatic rings. The van der Waals surface area contributed by atoms with Gasteiger partial charge >= 0.3 is 0 Å². The predicted molar refractivity (Wildman–Crippen MR) is 107 cm³/mol. The van der Waals surface area contributed by atoms with E-state index in [1.807, 2.05) is 24.3 Å². The third kappa shape index (κ3) is 5.97. The maximum Gasteiger partial charge on any atom is 0.271 e. The number of nitriles is 1. The molecule has 0 spiro atoms. The lowest BCUT2D eigenvalue weighted by molar-refractivity contribution is -0.384. The molecule has 2 aromatic rings. The largest absolute Gasteiger partial charge is 0.497 e. The van der Waals surface area contributed by atoms with Gasteiger partial charge in [0.05, 0.1) is 24.8 Å². The maximum absolute atomic E-state index is 12.2. The summed E-state index contributed by atoms with van der Waals surface area (Å²) >= 11 is 0. The second kappa shape index (κ2) is 10.3. The van der Waals surface area contributed by atoms with Gasteiger partial charge in [-0.25, -0.2) is 0 Å². The highest BCUT2D eigenvalue weighted by molar-refractivity contribution is 5.97. The second-order valence-electron chi connectivity index (χ2n) is 5.81. The first kappa shape index (κ1) is 21.2. The number of carbonyl (C=O) groups excluding carboxylic acids is 1. The topological polar surface area (TPSA) is 127 Å². The van der Waals surface area contributed by atoms with E-state index in [0.29, 0.717) is 18.7 Å². The molecule has 0 aliphatic carbocycles. The molecule has 0 aliphatic heterocycles. The van der Waals surface area contributed by atoms with E-state index in [1.54, 1.807) is 13.2 Å². The average molecular weight is 396 g/mol. The molecular weight excluding hydrogens is 376 g/mol. The third-order valence-electron chi connectivity index (χ3n) is 3.99. The summed E-state index contributed by atoms with van der Waals surface area (Å²) in [5.74, 6) is 0.525. The van der Waals surface area contributed by atoms with Crippen molar-refractivity contribution >= 4 is 17.3 Å². The Morgan fingerprint density at radius 1 is 1.21 bits per heavy atom. The number of benzene rings is 2. The van der Waals surface area contributed by atoms with Crippen LogP contribution in [0.1, 0.15) is 5.56 Å². The second-order valence-corrected chi connectivity index (χ2v) is 5.81. The van der Waals surface area contributed by atoms with Crippen LogP contribution in [-0.2, 0) is 11.2 Å². The van der Waals surface area contributed by atoms with Crippen molar-refractivity contribution in [1.82, 2.24) is 5.32 Å². The van der Waals surface area contributed by atoms with Gasteiger partial charge in [-0.05, 0) is 30.2 Å². The van der Waals surface area contributed by atoms with Gasteiger partial charge in [-0.3, -0.25) is 14.9 Å². The van der Waals surface area contributed by atoms with Crippen LogP contribution in [0, 0.1) is 21.4 Å². The van der Waals surface area contributed by atoms with Gasteiger partial charge < -0.3 is 20.1 Å². The molecule has 0 atom stereocenters. The van der Waals surface area contributed by atoms with E-state index in [9.17, 15) is 20.2 Å². The molecule has 0 heterocycles. The molecule has 0 unspecified atom stereocenters. The molecule has 2 N–H and O–H groups in total. The number of methoxy groups -OCH3 is 2. The molecule has 0 saturated heterocycles. The quantitative estimate of drug-likeness (QED) is 0.289. The number of carbonyl (C=O) groups is 1. The summed E-state index contributed by atoms with van der Waals surface area (Å²) in [6.07, 6.45) is 1.77. The van der Waals surface area contributed by atoms with E-state index in [1.165, 1.54) is 31.5 Å². The van der Waals surface area contributed by atoms with Gasteiger partial charge in [0.2, 0.25) is 0 Å². The number of nitro groups is 1. The molecule has 9 nitrogen and oxygen atoms in total. The lowest BCUT2D eigenvalue weighted by atomic mass is 10.1. The number of non-ortho nitro benzene ring substituents is 1. The number of nitro benzene ring substituents is 1. The first-order chi connectivity index (χ1) is 14.0. The van der Waals surface area contributed by atoms with Crippen LogP contribution in [0.25, 0.3) is 0 Å². The lowest BCUT2D eigenvalue weighted by Crippen LogP contribution is -2.27. The van der Waals surface area contributed by atoms with Crippen molar-refractivity contribution in [2.45, 2.75) is 6.42 Å². The Morgan fingerprint density at radius 3 is 2.52 bits per heavy atom. The Hall–Kier alpha value is -4.06. The zero-order valence-corrected chi connectivity index (χ0v) is 16.0. The maximum atomic E-state index is 12.2. The molecule has 0 radical (unpaired) electrons. The van der Waals surface area contributed by atoms with Gasteiger partial charge in [-0.2, -0.15) is 5.26 Å². The minimum atomic E-state index is -0.557. The van der Waals surface area contributed by atoms with Crippen molar-refractivity contribution in [3.8, 4) is 17.6 Å². The van der Waals surface area contributed by atoms with Gasteiger partial charge in [-0.15, -0.1) is 0 Å². The Bertz CT molecular complexity index is 948. The fourth-order valence-corrected chi connectivity index (χ4v) is 2.43. The van der Waals surface area contributed by atoms with E-state index >= 15 is 0 Å². The molecule has 0 fully saturated rings. The molecule has 0 aromatic heterocycles. The van der Waals surface area contributed by atoms with Gasteiger partial charge in [0.25, 0.3) is 11.6 Å². The van der Waals surface area contributed by atoms with E-state index < -0.39 is 10.8 Å².